The van der Waals surface area contributed by atoms with Crippen LogP contribution < -0.4 is 5.32 Å². The highest BCUT2D eigenvalue weighted by Gasteiger charge is 2.20. The Morgan fingerprint density at radius 2 is 1.86 bits per heavy atom. The normalized spacial score (nSPS) is 15.5. The van der Waals surface area contributed by atoms with E-state index in [9.17, 15) is 4.79 Å². The zero-order valence-corrected chi connectivity index (χ0v) is 18.5. The highest BCUT2D eigenvalue weighted by molar-refractivity contribution is 7.20. The van der Waals surface area contributed by atoms with Gasteiger partial charge in [0.25, 0.3) is 0 Å². The SMILES string of the molecule is Cc1cccc(NC(=O)CN2CCN(Cc3csc(-c4cccs4)n3)CC2)c1C. The predicted octanol–water partition coefficient (Wildman–Crippen LogP) is 4.24. The second kappa shape index (κ2) is 9.17. The highest BCUT2D eigenvalue weighted by Crippen LogP contribution is 2.28. The Morgan fingerprint density at radius 1 is 1.07 bits per heavy atom. The van der Waals surface area contributed by atoms with Crippen LogP contribution in [0.3, 0.4) is 0 Å². The Balaban J connectivity index is 1.24. The number of carbonyl (C=O) groups is 1. The summed E-state index contributed by atoms with van der Waals surface area (Å²) < 4.78 is 0. The zero-order chi connectivity index (χ0) is 20.2. The summed E-state index contributed by atoms with van der Waals surface area (Å²) in [5.41, 5.74) is 4.38. The lowest BCUT2D eigenvalue weighted by Gasteiger charge is -2.33. The fourth-order valence-corrected chi connectivity index (χ4v) is 5.13. The van der Waals surface area contributed by atoms with Crippen LogP contribution in [0.4, 0.5) is 5.69 Å². The highest BCUT2D eigenvalue weighted by atomic mass is 32.1. The van der Waals surface area contributed by atoms with Gasteiger partial charge in [-0.1, -0.05) is 18.2 Å². The lowest BCUT2D eigenvalue weighted by Crippen LogP contribution is -2.48. The van der Waals surface area contributed by atoms with Crippen LogP contribution in [0, 0.1) is 13.8 Å². The maximum atomic E-state index is 12.5. The van der Waals surface area contributed by atoms with E-state index in [0.29, 0.717) is 6.54 Å². The molecule has 0 unspecified atom stereocenters. The molecule has 0 aliphatic carbocycles. The number of aromatic nitrogens is 1. The second-order valence-corrected chi connectivity index (χ2v) is 9.28. The minimum atomic E-state index is 0.0623. The quantitative estimate of drug-likeness (QED) is 0.640. The predicted molar refractivity (Wildman–Crippen MR) is 122 cm³/mol. The molecule has 1 fully saturated rings. The Kier molecular flexibility index (Phi) is 6.40. The van der Waals surface area contributed by atoms with Crippen LogP contribution in [0.1, 0.15) is 16.8 Å². The van der Waals surface area contributed by atoms with E-state index < -0.39 is 0 Å². The number of amides is 1. The largest absolute Gasteiger partial charge is 0.325 e. The average molecular weight is 427 g/mol. The molecule has 0 bridgehead atoms. The van der Waals surface area contributed by atoms with Crippen molar-refractivity contribution in [3.8, 4) is 9.88 Å². The first-order valence-corrected chi connectivity index (χ1v) is 11.6. The fourth-order valence-electron chi connectivity index (χ4n) is 3.51. The molecule has 7 heteroatoms. The molecule has 0 spiro atoms. The van der Waals surface area contributed by atoms with E-state index in [0.717, 1.165) is 54.7 Å². The van der Waals surface area contributed by atoms with E-state index in [1.807, 2.05) is 19.1 Å². The van der Waals surface area contributed by atoms with Gasteiger partial charge in [0.05, 0.1) is 17.1 Å². The van der Waals surface area contributed by atoms with E-state index in [1.165, 1.54) is 10.4 Å². The number of nitrogens with one attached hydrogen (secondary N) is 1. The summed E-state index contributed by atoms with van der Waals surface area (Å²) in [7, 11) is 0. The summed E-state index contributed by atoms with van der Waals surface area (Å²) in [6, 6.07) is 10.2. The van der Waals surface area contributed by atoms with Crippen molar-refractivity contribution in [1.29, 1.82) is 0 Å². The molecular weight excluding hydrogens is 400 g/mol. The third-order valence-electron chi connectivity index (χ3n) is 5.38. The van der Waals surface area contributed by atoms with Crippen molar-refractivity contribution >= 4 is 34.3 Å². The summed E-state index contributed by atoms with van der Waals surface area (Å²) >= 11 is 3.45. The molecule has 1 aliphatic rings. The molecule has 0 atom stereocenters. The van der Waals surface area contributed by atoms with Gasteiger partial charge in [-0.05, 0) is 42.5 Å². The number of thiazole rings is 1. The summed E-state index contributed by atoms with van der Waals surface area (Å²) in [4.78, 5) is 23.1. The number of thiophene rings is 1. The van der Waals surface area contributed by atoms with E-state index in [2.05, 4.69) is 51.0 Å². The third kappa shape index (κ3) is 5.11. The van der Waals surface area contributed by atoms with E-state index in [4.69, 9.17) is 4.98 Å². The van der Waals surface area contributed by atoms with Crippen molar-refractivity contribution in [1.82, 2.24) is 14.8 Å². The Hall–Kier alpha value is -2.06. The Bertz CT molecular complexity index is 959. The van der Waals surface area contributed by atoms with Crippen molar-refractivity contribution in [3.63, 3.8) is 0 Å². The monoisotopic (exact) mass is 426 g/mol. The van der Waals surface area contributed by atoms with E-state index in [-0.39, 0.29) is 5.91 Å². The topological polar surface area (TPSA) is 48.5 Å². The van der Waals surface area contributed by atoms with Gasteiger partial charge in [0.15, 0.2) is 0 Å². The van der Waals surface area contributed by atoms with Gasteiger partial charge in [-0.3, -0.25) is 14.6 Å². The molecule has 152 valence electrons. The maximum absolute atomic E-state index is 12.5. The summed E-state index contributed by atoms with van der Waals surface area (Å²) in [6.45, 7) is 9.17. The van der Waals surface area contributed by atoms with Gasteiger partial charge in [-0.15, -0.1) is 22.7 Å². The number of hydrogen-bond acceptors (Lipinski definition) is 6. The first-order chi connectivity index (χ1) is 14.1. The zero-order valence-electron chi connectivity index (χ0n) is 16.9. The molecule has 1 aliphatic heterocycles. The van der Waals surface area contributed by atoms with Gasteiger partial charge in [-0.2, -0.15) is 0 Å². The van der Waals surface area contributed by atoms with Crippen LogP contribution in [0.2, 0.25) is 0 Å². The number of nitrogens with zero attached hydrogens (tertiary/aromatic N) is 3. The van der Waals surface area contributed by atoms with Gasteiger partial charge in [0, 0.05) is 43.8 Å². The standard InChI is InChI=1S/C22H26N4OS2/c1-16-5-3-6-19(17(16)2)24-21(27)14-26-10-8-25(9-11-26)13-18-15-29-22(23-18)20-7-4-12-28-20/h3-7,12,15H,8-11,13-14H2,1-2H3,(H,24,27). The molecule has 3 aromatic rings. The van der Waals surface area contributed by atoms with Crippen LogP contribution >= 0.6 is 22.7 Å². The number of anilines is 1. The van der Waals surface area contributed by atoms with Crippen LogP contribution in [0.5, 0.6) is 0 Å². The molecule has 1 aromatic carbocycles. The summed E-state index contributed by atoms with van der Waals surface area (Å²) in [5, 5.41) is 8.43. The number of aryl methyl sites for hydroxylation is 1. The van der Waals surface area contributed by atoms with E-state index in [1.54, 1.807) is 22.7 Å². The van der Waals surface area contributed by atoms with Crippen LogP contribution in [0.25, 0.3) is 9.88 Å². The van der Waals surface area contributed by atoms with Gasteiger partial charge in [-0.25, -0.2) is 4.98 Å². The van der Waals surface area contributed by atoms with Gasteiger partial charge >= 0.3 is 0 Å². The molecule has 2 aromatic heterocycles. The third-order valence-corrected chi connectivity index (χ3v) is 7.31. The Labute approximate surface area is 180 Å². The number of benzene rings is 1. The van der Waals surface area contributed by atoms with Gasteiger partial charge < -0.3 is 5.32 Å². The molecule has 1 saturated heterocycles. The lowest BCUT2D eigenvalue weighted by molar-refractivity contribution is -0.117. The lowest BCUT2D eigenvalue weighted by atomic mass is 10.1. The number of rotatable bonds is 6. The van der Waals surface area contributed by atoms with Gasteiger partial charge in [0.1, 0.15) is 5.01 Å². The minimum absolute atomic E-state index is 0.0623. The van der Waals surface area contributed by atoms with Crippen LogP contribution in [0.15, 0.2) is 41.1 Å². The number of hydrogen-bond donors (Lipinski definition) is 1. The Morgan fingerprint density at radius 3 is 2.62 bits per heavy atom. The summed E-state index contributed by atoms with van der Waals surface area (Å²) in [5.74, 6) is 0.0623. The average Bonchev–Trinajstić information content (AvgIpc) is 3.39. The molecular formula is C22H26N4OS2. The molecule has 0 saturated carbocycles. The molecule has 5 nitrogen and oxygen atoms in total. The number of carbonyl (C=O) groups excluding carboxylic acids is 1. The van der Waals surface area contributed by atoms with Crippen molar-refractivity contribution in [2.45, 2.75) is 20.4 Å². The molecule has 1 amide bonds. The summed E-state index contributed by atoms with van der Waals surface area (Å²) in [6.07, 6.45) is 0. The van der Waals surface area contributed by atoms with Crippen molar-refractivity contribution < 1.29 is 4.79 Å². The van der Waals surface area contributed by atoms with Crippen molar-refractivity contribution in [2.24, 2.45) is 0 Å². The maximum Gasteiger partial charge on any atom is 0.238 e. The molecule has 29 heavy (non-hydrogen) atoms. The first-order valence-electron chi connectivity index (χ1n) is 9.87. The molecule has 4 rings (SSSR count). The first kappa shape index (κ1) is 20.2. The van der Waals surface area contributed by atoms with Crippen molar-refractivity contribution in [2.75, 3.05) is 38.0 Å². The number of piperazine rings is 1. The molecule has 3 heterocycles. The van der Waals surface area contributed by atoms with E-state index >= 15 is 0 Å². The van der Waals surface area contributed by atoms with Crippen molar-refractivity contribution in [3.05, 3.63) is 57.9 Å². The second-order valence-electron chi connectivity index (χ2n) is 7.47. The smallest absolute Gasteiger partial charge is 0.238 e. The van der Waals surface area contributed by atoms with Gasteiger partial charge in [0.2, 0.25) is 5.91 Å². The fraction of sp³-hybridized carbons (Fsp3) is 0.364. The minimum Gasteiger partial charge on any atom is -0.325 e. The molecule has 1 N–H and O–H groups in total. The van der Waals surface area contributed by atoms with Crippen LogP contribution in [-0.4, -0.2) is 53.4 Å². The molecule has 0 radical (unpaired) electrons. The van der Waals surface area contributed by atoms with Crippen LogP contribution in [-0.2, 0) is 11.3 Å².